The van der Waals surface area contributed by atoms with Crippen molar-refractivity contribution in [3.63, 3.8) is 0 Å². The van der Waals surface area contributed by atoms with Gasteiger partial charge in [0.1, 0.15) is 11.9 Å². The number of pyridine rings is 1. The van der Waals surface area contributed by atoms with Crippen molar-refractivity contribution in [3.05, 3.63) is 60.3 Å². The summed E-state index contributed by atoms with van der Waals surface area (Å²) < 4.78 is 11.0. The van der Waals surface area contributed by atoms with E-state index in [1.54, 1.807) is 35.0 Å². The number of carbonyl (C=O) groups is 2. The summed E-state index contributed by atoms with van der Waals surface area (Å²) in [5.74, 6) is 0.764. The third-order valence-electron chi connectivity index (χ3n) is 6.07. The second kappa shape index (κ2) is 9.52. The van der Waals surface area contributed by atoms with Crippen LogP contribution >= 0.6 is 11.8 Å². The molecule has 0 spiro atoms. The fraction of sp³-hybridized carbons (Fsp3) is 0.320. The van der Waals surface area contributed by atoms with Crippen molar-refractivity contribution in [1.82, 2.24) is 15.3 Å². The van der Waals surface area contributed by atoms with Crippen molar-refractivity contribution in [2.24, 2.45) is 0 Å². The van der Waals surface area contributed by atoms with Crippen LogP contribution in [0, 0.1) is 0 Å². The van der Waals surface area contributed by atoms with E-state index in [-0.39, 0.29) is 23.4 Å². The van der Waals surface area contributed by atoms with E-state index < -0.39 is 0 Å². The van der Waals surface area contributed by atoms with Crippen LogP contribution in [0.1, 0.15) is 25.0 Å². The van der Waals surface area contributed by atoms with Crippen LogP contribution in [0.15, 0.2) is 59.6 Å². The Bertz CT molecular complexity index is 1240. The average Bonchev–Trinajstić information content (AvgIpc) is 3.23. The van der Waals surface area contributed by atoms with Crippen molar-refractivity contribution in [3.8, 4) is 5.75 Å². The van der Waals surface area contributed by atoms with Gasteiger partial charge in [0.25, 0.3) is 5.91 Å². The van der Waals surface area contributed by atoms with Gasteiger partial charge in [-0.15, -0.1) is 11.8 Å². The molecule has 1 fully saturated rings. The number of hydrogen-bond acceptors (Lipinski definition) is 7. The van der Waals surface area contributed by atoms with Gasteiger partial charge in [0.15, 0.2) is 0 Å². The number of hydrogen-bond donors (Lipinski definition) is 1. The van der Waals surface area contributed by atoms with Gasteiger partial charge in [0.05, 0.1) is 30.1 Å². The number of benzene rings is 2. The molecule has 0 saturated carbocycles. The van der Waals surface area contributed by atoms with E-state index in [0.717, 1.165) is 32.8 Å². The maximum absolute atomic E-state index is 12.7. The normalized spacial score (nSPS) is 19.9. The molecule has 8 nitrogen and oxygen atoms in total. The minimum Gasteiger partial charge on any atom is -0.497 e. The predicted octanol–water partition coefficient (Wildman–Crippen LogP) is 4.16. The number of aromatic nitrogens is 1. The molecule has 9 heteroatoms. The monoisotopic (exact) mass is 478 g/mol. The second-order valence-corrected chi connectivity index (χ2v) is 9.65. The second-order valence-electron chi connectivity index (χ2n) is 8.26. The number of methoxy groups -OCH3 is 1. The minimum atomic E-state index is -0.369. The zero-order chi connectivity index (χ0) is 23.7. The van der Waals surface area contributed by atoms with Crippen molar-refractivity contribution >= 4 is 40.4 Å². The lowest BCUT2D eigenvalue weighted by Gasteiger charge is -2.32. The van der Waals surface area contributed by atoms with E-state index in [2.05, 4.69) is 10.4 Å². The Kier molecular flexibility index (Phi) is 6.30. The van der Waals surface area contributed by atoms with E-state index in [1.807, 2.05) is 55.5 Å². The number of amides is 2. The summed E-state index contributed by atoms with van der Waals surface area (Å²) in [5, 5.41) is 2.40. The molecule has 2 aromatic carbocycles. The lowest BCUT2D eigenvalue weighted by Crippen LogP contribution is -2.49. The third kappa shape index (κ3) is 4.28. The first-order valence-electron chi connectivity index (χ1n) is 11.3. The van der Waals surface area contributed by atoms with Gasteiger partial charge in [-0.3, -0.25) is 9.78 Å². The van der Waals surface area contributed by atoms with Crippen LogP contribution in [0.5, 0.6) is 5.75 Å². The lowest BCUT2D eigenvalue weighted by atomic mass is 10.0. The lowest BCUT2D eigenvalue weighted by molar-refractivity contribution is -0.118. The van der Waals surface area contributed by atoms with Gasteiger partial charge in [0.2, 0.25) is 0 Å². The summed E-state index contributed by atoms with van der Waals surface area (Å²) in [6, 6.07) is 15.4. The number of hydrazine groups is 1. The Labute approximate surface area is 202 Å². The van der Waals surface area contributed by atoms with Crippen LogP contribution in [-0.2, 0) is 9.53 Å². The molecule has 2 aliphatic heterocycles. The maximum Gasteiger partial charge on any atom is 0.410 e. The molecule has 2 amide bonds. The van der Waals surface area contributed by atoms with E-state index in [4.69, 9.17) is 9.47 Å². The van der Waals surface area contributed by atoms with Crippen LogP contribution in [0.3, 0.4) is 0 Å². The number of anilines is 1. The highest BCUT2D eigenvalue weighted by Gasteiger charge is 2.34. The number of para-hydroxylation sites is 1. The average molecular weight is 479 g/mol. The number of rotatable bonds is 7. The summed E-state index contributed by atoms with van der Waals surface area (Å²) in [7, 11) is 1.62. The Morgan fingerprint density at radius 1 is 1.21 bits per heavy atom. The van der Waals surface area contributed by atoms with Crippen LogP contribution in [0.25, 0.3) is 10.9 Å². The molecule has 0 radical (unpaired) electrons. The molecule has 5 rings (SSSR count). The number of ether oxygens (including phenoxy) is 2. The SMILES string of the molecule is COc1ccc2nccc([C@@H]3CN(CCCNN4C(=O)C(C)Sc5ccccc54)C(=O)O3)c2c1. The molecule has 1 unspecified atom stereocenters. The van der Waals surface area contributed by atoms with E-state index >= 15 is 0 Å². The van der Waals surface area contributed by atoms with Crippen LogP contribution in [0.4, 0.5) is 10.5 Å². The molecule has 0 bridgehead atoms. The number of fused-ring (bicyclic) bond motifs is 2. The number of thioether (sulfide) groups is 1. The first-order chi connectivity index (χ1) is 16.5. The third-order valence-corrected chi connectivity index (χ3v) is 7.22. The Morgan fingerprint density at radius 2 is 2.06 bits per heavy atom. The van der Waals surface area contributed by atoms with Crippen LogP contribution < -0.4 is 15.2 Å². The predicted molar refractivity (Wildman–Crippen MR) is 131 cm³/mol. The van der Waals surface area contributed by atoms with Crippen LogP contribution in [0.2, 0.25) is 0 Å². The molecule has 1 saturated heterocycles. The highest BCUT2D eigenvalue weighted by atomic mass is 32.2. The van der Waals surface area contributed by atoms with E-state index in [1.165, 1.54) is 0 Å². The molecule has 3 aromatic rings. The molecule has 0 aliphatic carbocycles. The van der Waals surface area contributed by atoms with Crippen molar-refractivity contribution in [2.45, 2.75) is 29.6 Å². The van der Waals surface area contributed by atoms with Gasteiger partial charge in [-0.2, -0.15) is 0 Å². The Hall–Kier alpha value is -3.30. The van der Waals surface area contributed by atoms with Gasteiger partial charge in [-0.1, -0.05) is 12.1 Å². The summed E-state index contributed by atoms with van der Waals surface area (Å²) in [4.78, 5) is 32.4. The number of nitrogens with one attached hydrogen (secondary N) is 1. The summed E-state index contributed by atoms with van der Waals surface area (Å²) in [6.45, 7) is 3.47. The van der Waals surface area contributed by atoms with Gasteiger partial charge in [-0.25, -0.2) is 15.2 Å². The Balaban J connectivity index is 1.21. The number of carbonyl (C=O) groups excluding carboxylic acids is 2. The van der Waals surface area contributed by atoms with Crippen molar-refractivity contribution in [2.75, 3.05) is 31.8 Å². The molecule has 34 heavy (non-hydrogen) atoms. The van der Waals surface area contributed by atoms with Gasteiger partial charge >= 0.3 is 6.09 Å². The molecule has 1 N–H and O–H groups in total. The summed E-state index contributed by atoms with van der Waals surface area (Å²) in [6.07, 6.45) is 1.71. The van der Waals surface area contributed by atoms with Gasteiger partial charge < -0.3 is 14.4 Å². The molecule has 2 aliphatic rings. The zero-order valence-corrected chi connectivity index (χ0v) is 19.9. The number of cyclic esters (lactones) is 1. The highest BCUT2D eigenvalue weighted by Crippen LogP contribution is 2.38. The van der Waals surface area contributed by atoms with Gasteiger partial charge in [-0.05, 0) is 49.7 Å². The molecule has 1 aromatic heterocycles. The molecular formula is C25H26N4O4S. The molecule has 3 heterocycles. The zero-order valence-electron chi connectivity index (χ0n) is 19.1. The minimum absolute atomic E-state index is 0.0318. The number of nitrogens with zero attached hydrogens (tertiary/aromatic N) is 3. The fourth-order valence-electron chi connectivity index (χ4n) is 4.31. The molecule has 2 atom stereocenters. The Morgan fingerprint density at radius 3 is 2.91 bits per heavy atom. The van der Waals surface area contributed by atoms with E-state index in [0.29, 0.717) is 26.1 Å². The largest absolute Gasteiger partial charge is 0.497 e. The topological polar surface area (TPSA) is 84.0 Å². The van der Waals surface area contributed by atoms with Crippen molar-refractivity contribution < 1.29 is 19.1 Å². The fourth-order valence-corrected chi connectivity index (χ4v) is 5.34. The maximum atomic E-state index is 12.7. The summed E-state index contributed by atoms with van der Waals surface area (Å²) in [5.41, 5.74) is 5.86. The standard InChI is InChI=1S/C25H26N4O4S/c1-16-24(30)29(21-6-3-4-7-23(21)34-16)27-11-5-13-28-15-22(33-25(28)31)18-10-12-26-20-9-8-17(32-2)14-19(18)20/h3-4,6-10,12,14,16,22,27H,5,11,13,15H2,1-2H3/t16?,22-/m0/s1. The first-order valence-corrected chi connectivity index (χ1v) is 12.1. The highest BCUT2D eigenvalue weighted by molar-refractivity contribution is 8.00. The van der Waals surface area contributed by atoms with Crippen molar-refractivity contribution in [1.29, 1.82) is 0 Å². The van der Waals surface area contributed by atoms with Gasteiger partial charge in [0, 0.05) is 35.1 Å². The quantitative estimate of drug-likeness (QED) is 0.511. The summed E-state index contributed by atoms with van der Waals surface area (Å²) >= 11 is 1.57. The smallest absolute Gasteiger partial charge is 0.410 e. The van der Waals surface area contributed by atoms with E-state index in [9.17, 15) is 9.59 Å². The molecule has 176 valence electrons. The van der Waals surface area contributed by atoms with Crippen LogP contribution in [-0.4, -0.2) is 53.9 Å². The molecular weight excluding hydrogens is 452 g/mol. The first kappa shape index (κ1) is 22.5.